The van der Waals surface area contributed by atoms with E-state index in [1.807, 2.05) is 24.3 Å². The van der Waals surface area contributed by atoms with Crippen LogP contribution in [0.4, 0.5) is 0 Å². The van der Waals surface area contributed by atoms with Gasteiger partial charge in [0.2, 0.25) is 0 Å². The Morgan fingerprint density at radius 2 is 1.97 bits per heavy atom. The molecule has 0 radical (unpaired) electrons. The number of likely N-dealkylation sites (tertiary alicyclic amines) is 1. The predicted octanol–water partition coefficient (Wildman–Crippen LogP) is 4.31. The second-order valence-electron chi connectivity index (χ2n) is 7.87. The Morgan fingerprint density at radius 1 is 1.16 bits per heavy atom. The third-order valence-corrected chi connectivity index (χ3v) is 5.97. The summed E-state index contributed by atoms with van der Waals surface area (Å²) in [6.45, 7) is 2.95. The highest BCUT2D eigenvalue weighted by molar-refractivity contribution is 6.30. The van der Waals surface area contributed by atoms with Gasteiger partial charge >= 0.3 is 5.97 Å². The summed E-state index contributed by atoms with van der Waals surface area (Å²) >= 11 is 6.17. The number of nitrogens with zero attached hydrogens (tertiary/aromatic N) is 3. The van der Waals surface area contributed by atoms with Crippen molar-refractivity contribution in [2.24, 2.45) is 5.41 Å². The maximum atomic E-state index is 13.5. The molecule has 1 fully saturated rings. The Morgan fingerprint density at radius 3 is 2.77 bits per heavy atom. The molecule has 1 unspecified atom stereocenters. The molecule has 6 nitrogen and oxygen atoms in total. The molecule has 0 N–H and O–H groups in total. The average molecular weight is 438 g/mol. The van der Waals surface area contributed by atoms with Crippen molar-refractivity contribution in [3.05, 3.63) is 71.0 Å². The number of esters is 1. The zero-order chi connectivity index (χ0) is 21.8. The Hall–Kier alpha value is -2.99. The molecule has 2 aromatic carbocycles. The zero-order valence-corrected chi connectivity index (χ0v) is 18.1. The molecule has 1 aliphatic rings. The van der Waals surface area contributed by atoms with Crippen LogP contribution in [0, 0.1) is 5.41 Å². The first-order valence-corrected chi connectivity index (χ1v) is 10.8. The van der Waals surface area contributed by atoms with Gasteiger partial charge in [-0.1, -0.05) is 29.8 Å². The van der Waals surface area contributed by atoms with E-state index in [1.54, 1.807) is 42.4 Å². The first-order chi connectivity index (χ1) is 15.0. The minimum atomic E-state index is -0.815. The standard InChI is InChI=1S/C24H24ClN3O3/c1-2-31-23(30)24(15-17-6-3-7-18(25)14-17)10-5-13-28(16-24)22(29)19-8-4-9-20-21(19)27-12-11-26-20/h3-4,6-9,11-12,14H,2,5,10,13,15-16H2,1H3. The molecular weight excluding hydrogens is 414 g/mol. The van der Waals surface area contributed by atoms with Crippen LogP contribution in [0.5, 0.6) is 0 Å². The molecule has 31 heavy (non-hydrogen) atoms. The number of fused-ring (bicyclic) bond motifs is 1. The third kappa shape index (κ3) is 4.39. The van der Waals surface area contributed by atoms with Crippen LogP contribution < -0.4 is 0 Å². The minimum absolute atomic E-state index is 0.148. The smallest absolute Gasteiger partial charge is 0.314 e. The number of piperidine rings is 1. The molecule has 0 aliphatic carbocycles. The summed E-state index contributed by atoms with van der Waals surface area (Å²) in [5, 5.41) is 0.620. The van der Waals surface area contributed by atoms with Gasteiger partial charge in [-0.2, -0.15) is 0 Å². The highest BCUT2D eigenvalue weighted by atomic mass is 35.5. The lowest BCUT2D eigenvalue weighted by Gasteiger charge is -2.41. The van der Waals surface area contributed by atoms with E-state index in [9.17, 15) is 9.59 Å². The lowest BCUT2D eigenvalue weighted by molar-refractivity contribution is -0.158. The molecule has 1 atom stereocenters. The highest BCUT2D eigenvalue weighted by Crippen LogP contribution is 2.36. The van der Waals surface area contributed by atoms with E-state index in [1.165, 1.54) is 0 Å². The lowest BCUT2D eigenvalue weighted by atomic mass is 9.75. The van der Waals surface area contributed by atoms with Gasteiger partial charge in [-0.25, -0.2) is 0 Å². The minimum Gasteiger partial charge on any atom is -0.466 e. The zero-order valence-electron chi connectivity index (χ0n) is 17.4. The number of aromatic nitrogens is 2. The number of halogens is 1. The number of para-hydroxylation sites is 1. The number of ether oxygens (including phenoxy) is 1. The fourth-order valence-electron chi connectivity index (χ4n) is 4.35. The Bertz CT molecular complexity index is 1110. The first kappa shape index (κ1) is 21.2. The van der Waals surface area contributed by atoms with Crippen molar-refractivity contribution in [1.82, 2.24) is 14.9 Å². The molecule has 7 heteroatoms. The lowest BCUT2D eigenvalue weighted by Crippen LogP contribution is -2.51. The van der Waals surface area contributed by atoms with Crippen LogP contribution in [0.3, 0.4) is 0 Å². The van der Waals surface area contributed by atoms with E-state index < -0.39 is 5.41 Å². The number of carbonyl (C=O) groups excluding carboxylic acids is 2. The number of hydrogen-bond donors (Lipinski definition) is 0. The molecule has 3 aromatic rings. The van der Waals surface area contributed by atoms with Gasteiger partial charge in [0.25, 0.3) is 5.91 Å². The molecule has 160 valence electrons. The van der Waals surface area contributed by atoms with Gasteiger partial charge < -0.3 is 9.64 Å². The topological polar surface area (TPSA) is 72.4 Å². The van der Waals surface area contributed by atoms with Gasteiger partial charge in [0.1, 0.15) is 5.52 Å². The molecule has 1 aliphatic heterocycles. The monoisotopic (exact) mass is 437 g/mol. The van der Waals surface area contributed by atoms with Crippen molar-refractivity contribution in [2.45, 2.75) is 26.2 Å². The Balaban J connectivity index is 1.66. The van der Waals surface area contributed by atoms with Crippen LogP contribution >= 0.6 is 11.6 Å². The summed E-state index contributed by atoms with van der Waals surface area (Å²) in [5.74, 6) is -0.421. The molecule has 1 aromatic heterocycles. The molecule has 1 saturated heterocycles. The van der Waals surface area contributed by atoms with Gasteiger partial charge in [0.05, 0.1) is 23.1 Å². The summed E-state index contributed by atoms with van der Waals surface area (Å²) in [5.41, 5.74) is 1.86. The van der Waals surface area contributed by atoms with E-state index >= 15 is 0 Å². The highest BCUT2D eigenvalue weighted by Gasteiger charge is 2.45. The summed E-state index contributed by atoms with van der Waals surface area (Å²) in [6, 6.07) is 12.9. The van der Waals surface area contributed by atoms with Gasteiger partial charge in [-0.3, -0.25) is 19.6 Å². The van der Waals surface area contributed by atoms with Crippen molar-refractivity contribution >= 4 is 34.5 Å². The summed E-state index contributed by atoms with van der Waals surface area (Å²) in [4.78, 5) is 37.0. The van der Waals surface area contributed by atoms with Gasteiger partial charge in [0.15, 0.2) is 0 Å². The maximum Gasteiger partial charge on any atom is 0.314 e. The number of amides is 1. The molecule has 0 saturated carbocycles. The fraction of sp³-hybridized carbons (Fsp3) is 0.333. The molecular formula is C24H24ClN3O3. The maximum absolute atomic E-state index is 13.5. The number of carbonyl (C=O) groups is 2. The van der Waals surface area contributed by atoms with E-state index in [2.05, 4.69) is 9.97 Å². The molecule has 0 bridgehead atoms. The van der Waals surface area contributed by atoms with E-state index in [0.717, 1.165) is 5.56 Å². The van der Waals surface area contributed by atoms with Gasteiger partial charge in [-0.15, -0.1) is 0 Å². The van der Waals surface area contributed by atoms with Crippen LogP contribution in [0.15, 0.2) is 54.9 Å². The second-order valence-corrected chi connectivity index (χ2v) is 8.30. The first-order valence-electron chi connectivity index (χ1n) is 10.4. The van der Waals surface area contributed by atoms with Crippen LogP contribution in [0.1, 0.15) is 35.7 Å². The van der Waals surface area contributed by atoms with Crippen LogP contribution in [-0.4, -0.2) is 46.4 Å². The van der Waals surface area contributed by atoms with Crippen molar-refractivity contribution in [3.8, 4) is 0 Å². The summed E-state index contributed by atoms with van der Waals surface area (Å²) < 4.78 is 5.46. The number of benzene rings is 2. The molecule has 1 amide bonds. The van der Waals surface area contributed by atoms with Crippen LogP contribution in [-0.2, 0) is 16.0 Å². The van der Waals surface area contributed by atoms with E-state index in [4.69, 9.17) is 16.3 Å². The molecule has 0 spiro atoms. The largest absolute Gasteiger partial charge is 0.466 e. The third-order valence-electron chi connectivity index (χ3n) is 5.73. The Kier molecular flexibility index (Phi) is 6.18. The average Bonchev–Trinajstić information content (AvgIpc) is 2.78. The van der Waals surface area contributed by atoms with E-state index in [0.29, 0.717) is 54.0 Å². The Labute approximate surface area is 186 Å². The molecule has 4 rings (SSSR count). The van der Waals surface area contributed by atoms with Gasteiger partial charge in [-0.05, 0) is 56.0 Å². The van der Waals surface area contributed by atoms with Crippen molar-refractivity contribution in [2.75, 3.05) is 19.7 Å². The fourth-order valence-corrected chi connectivity index (χ4v) is 4.56. The number of hydrogen-bond acceptors (Lipinski definition) is 5. The molecule has 2 heterocycles. The van der Waals surface area contributed by atoms with Crippen molar-refractivity contribution < 1.29 is 14.3 Å². The normalized spacial score (nSPS) is 18.7. The quantitative estimate of drug-likeness (QED) is 0.556. The van der Waals surface area contributed by atoms with Crippen LogP contribution in [0.2, 0.25) is 5.02 Å². The van der Waals surface area contributed by atoms with Crippen molar-refractivity contribution in [3.63, 3.8) is 0 Å². The summed E-state index contributed by atoms with van der Waals surface area (Å²) in [7, 11) is 0. The summed E-state index contributed by atoms with van der Waals surface area (Å²) in [6.07, 6.45) is 5.01. The number of rotatable bonds is 5. The van der Waals surface area contributed by atoms with Crippen LogP contribution in [0.25, 0.3) is 11.0 Å². The van der Waals surface area contributed by atoms with Gasteiger partial charge in [0, 0.05) is 30.5 Å². The van der Waals surface area contributed by atoms with E-state index in [-0.39, 0.29) is 18.4 Å². The SMILES string of the molecule is CCOC(=O)C1(Cc2cccc(Cl)c2)CCCN(C(=O)c2cccc3nccnc23)C1. The second kappa shape index (κ2) is 9.02. The van der Waals surface area contributed by atoms with Crippen molar-refractivity contribution in [1.29, 1.82) is 0 Å². The predicted molar refractivity (Wildman–Crippen MR) is 119 cm³/mol.